The van der Waals surface area contributed by atoms with Crippen LogP contribution in [-0.2, 0) is 15.5 Å². The smallest absolute Gasteiger partial charge is 0.258 e. The first-order chi connectivity index (χ1) is 7.27. The summed E-state index contributed by atoms with van der Waals surface area (Å²) in [4.78, 5) is 9.51. The van der Waals surface area contributed by atoms with Gasteiger partial charge in [-0.15, -0.1) is 0 Å². The molecule has 1 aromatic rings. The Kier molecular flexibility index (Phi) is 3.77. The number of nitro benzene ring substituents is 1. The number of benzene rings is 1. The highest BCUT2D eigenvalue weighted by atomic mass is 35.7. The molecule has 88 valence electrons. The number of non-ortho nitro benzene ring substituents is 1. The lowest BCUT2D eigenvalue weighted by atomic mass is 10.1. The molecule has 0 aliphatic heterocycles. The molecule has 0 aliphatic carbocycles. The van der Waals surface area contributed by atoms with E-state index in [1.165, 1.54) is 0 Å². The fourth-order valence-electron chi connectivity index (χ4n) is 1.26. The van der Waals surface area contributed by atoms with Crippen LogP contribution in [0.5, 0.6) is 0 Å². The van der Waals surface area contributed by atoms with Gasteiger partial charge in [-0.2, -0.15) is 0 Å². The van der Waals surface area contributed by atoms with Crippen LogP contribution < -0.4 is 0 Å². The van der Waals surface area contributed by atoms with Gasteiger partial charge in [0.05, 0.1) is 14.8 Å². The van der Waals surface area contributed by atoms with E-state index in [2.05, 4.69) is 0 Å². The molecule has 0 saturated carbocycles. The molecule has 0 unspecified atom stereocenters. The maximum atomic E-state index is 11.2. The lowest BCUT2D eigenvalue weighted by Gasteiger charge is -2.06. The highest BCUT2D eigenvalue weighted by Crippen LogP contribution is 2.31. The monoisotopic (exact) mass is 283 g/mol. The largest absolute Gasteiger partial charge is 0.272 e. The second-order valence-electron chi connectivity index (χ2n) is 2.95. The molecule has 0 radical (unpaired) electrons. The topological polar surface area (TPSA) is 77.3 Å². The first kappa shape index (κ1) is 13.2. The maximum absolute atomic E-state index is 11.2. The van der Waals surface area contributed by atoms with Gasteiger partial charge in [-0.05, 0) is 12.0 Å². The number of hydrogen-bond donors (Lipinski definition) is 0. The van der Waals surface area contributed by atoms with Gasteiger partial charge in [-0.3, -0.25) is 10.1 Å². The Hall–Kier alpha value is -0.850. The second-order valence-corrected chi connectivity index (χ2v) is 5.89. The van der Waals surface area contributed by atoms with Gasteiger partial charge in [0.2, 0.25) is 0 Å². The van der Waals surface area contributed by atoms with Gasteiger partial charge in [0, 0.05) is 22.8 Å². The molecule has 1 rings (SSSR count). The molecule has 0 spiro atoms. The Morgan fingerprint density at radius 2 is 2.00 bits per heavy atom. The van der Waals surface area contributed by atoms with Gasteiger partial charge in [-0.1, -0.05) is 18.5 Å². The highest BCUT2D eigenvalue weighted by molar-refractivity contribution is 8.13. The van der Waals surface area contributed by atoms with E-state index in [4.69, 9.17) is 22.3 Å². The summed E-state index contributed by atoms with van der Waals surface area (Å²) in [5.74, 6) is 0. The molecule has 1 aromatic carbocycles. The van der Waals surface area contributed by atoms with Crippen LogP contribution >= 0.6 is 22.3 Å². The summed E-state index contributed by atoms with van der Waals surface area (Å²) in [7, 11) is 1.14. The minimum Gasteiger partial charge on any atom is -0.258 e. The van der Waals surface area contributed by atoms with Gasteiger partial charge < -0.3 is 0 Å². The molecule has 0 atom stereocenters. The van der Waals surface area contributed by atoms with E-state index in [1.807, 2.05) is 0 Å². The van der Waals surface area contributed by atoms with Crippen molar-refractivity contribution in [2.24, 2.45) is 0 Å². The van der Waals surface area contributed by atoms with Crippen LogP contribution in [0.25, 0.3) is 0 Å². The normalized spacial score (nSPS) is 11.4. The Labute approximate surface area is 102 Å². The molecule has 0 aromatic heterocycles. The van der Waals surface area contributed by atoms with Crippen molar-refractivity contribution in [1.82, 2.24) is 0 Å². The summed E-state index contributed by atoms with van der Waals surface area (Å²) in [6.45, 7) is 1.68. The quantitative estimate of drug-likeness (QED) is 0.485. The number of halogens is 2. The van der Waals surface area contributed by atoms with E-state index in [0.29, 0.717) is 6.42 Å². The molecule has 8 heteroatoms. The summed E-state index contributed by atoms with van der Waals surface area (Å²) in [5, 5.41) is 10.6. The standard InChI is InChI=1S/C8H7Cl2NO4S/c1-2-6-7(9)3-5(11(12)13)4-8(6)16(10,14)15/h3-4H,2H2,1H3. The maximum Gasteiger partial charge on any atom is 0.272 e. The van der Waals surface area contributed by atoms with E-state index in [0.717, 1.165) is 12.1 Å². The molecule has 16 heavy (non-hydrogen) atoms. The van der Waals surface area contributed by atoms with E-state index >= 15 is 0 Å². The first-order valence-corrected chi connectivity index (χ1v) is 6.87. The molecule has 0 N–H and O–H groups in total. The lowest BCUT2D eigenvalue weighted by Crippen LogP contribution is -2.00. The zero-order valence-corrected chi connectivity index (χ0v) is 10.4. The lowest BCUT2D eigenvalue weighted by molar-refractivity contribution is -0.385. The third-order valence-electron chi connectivity index (χ3n) is 1.97. The number of nitro groups is 1. The Balaban J connectivity index is 3.62. The van der Waals surface area contributed by atoms with Gasteiger partial charge >= 0.3 is 0 Å². The van der Waals surface area contributed by atoms with Crippen LogP contribution in [0.15, 0.2) is 17.0 Å². The molecule has 0 aliphatic rings. The summed E-state index contributed by atoms with van der Waals surface area (Å²) < 4.78 is 22.4. The summed E-state index contributed by atoms with van der Waals surface area (Å²) in [6, 6.07) is 2.01. The van der Waals surface area contributed by atoms with Crippen molar-refractivity contribution < 1.29 is 13.3 Å². The minimum atomic E-state index is -4.04. The SMILES string of the molecule is CCc1c(Cl)cc([N+](=O)[O-])cc1S(=O)(=O)Cl. The Morgan fingerprint density at radius 1 is 1.44 bits per heavy atom. The predicted octanol–water partition coefficient (Wildman–Crippen LogP) is 2.74. The van der Waals surface area contributed by atoms with Gasteiger partial charge in [0.1, 0.15) is 0 Å². The molecule has 5 nitrogen and oxygen atoms in total. The molecule has 0 saturated heterocycles. The van der Waals surface area contributed by atoms with Crippen molar-refractivity contribution in [1.29, 1.82) is 0 Å². The minimum absolute atomic E-state index is 0.0240. The number of rotatable bonds is 3. The van der Waals surface area contributed by atoms with Crippen LogP contribution in [0.1, 0.15) is 12.5 Å². The summed E-state index contributed by atoms with van der Waals surface area (Å²) in [5.41, 5.74) is -0.122. The summed E-state index contributed by atoms with van der Waals surface area (Å²) in [6.07, 6.45) is 0.318. The van der Waals surface area contributed by atoms with Crippen LogP contribution in [0.4, 0.5) is 5.69 Å². The van der Waals surface area contributed by atoms with Crippen LogP contribution in [0.3, 0.4) is 0 Å². The molecule has 0 fully saturated rings. The second kappa shape index (κ2) is 4.57. The van der Waals surface area contributed by atoms with Crippen molar-refractivity contribution in [2.45, 2.75) is 18.2 Å². The molecular weight excluding hydrogens is 277 g/mol. The average molecular weight is 284 g/mol. The third kappa shape index (κ3) is 2.63. The average Bonchev–Trinajstić information content (AvgIpc) is 2.14. The van der Waals surface area contributed by atoms with Crippen molar-refractivity contribution in [2.75, 3.05) is 0 Å². The zero-order valence-electron chi connectivity index (χ0n) is 8.11. The highest BCUT2D eigenvalue weighted by Gasteiger charge is 2.22. The van der Waals surface area contributed by atoms with E-state index in [1.54, 1.807) is 6.92 Å². The third-order valence-corrected chi connectivity index (χ3v) is 3.69. The van der Waals surface area contributed by atoms with Gasteiger partial charge in [0.15, 0.2) is 0 Å². The van der Waals surface area contributed by atoms with E-state index < -0.39 is 19.7 Å². The van der Waals surface area contributed by atoms with Gasteiger partial charge in [-0.25, -0.2) is 8.42 Å². The molecule has 0 amide bonds. The number of hydrogen-bond acceptors (Lipinski definition) is 4. The van der Waals surface area contributed by atoms with Crippen molar-refractivity contribution in [3.05, 3.63) is 32.8 Å². The molecular formula is C8H7Cl2NO4S. The van der Waals surface area contributed by atoms with E-state index in [-0.39, 0.29) is 15.5 Å². The van der Waals surface area contributed by atoms with E-state index in [9.17, 15) is 18.5 Å². The molecule has 0 bridgehead atoms. The van der Waals surface area contributed by atoms with Crippen LogP contribution in [0, 0.1) is 10.1 Å². The number of nitrogens with zero attached hydrogens (tertiary/aromatic N) is 1. The van der Waals surface area contributed by atoms with Crippen LogP contribution in [0.2, 0.25) is 5.02 Å². The molecule has 0 heterocycles. The first-order valence-electron chi connectivity index (χ1n) is 4.18. The van der Waals surface area contributed by atoms with Gasteiger partial charge in [0.25, 0.3) is 14.7 Å². The predicted molar refractivity (Wildman–Crippen MR) is 60.5 cm³/mol. The van der Waals surface area contributed by atoms with Crippen LogP contribution in [-0.4, -0.2) is 13.3 Å². The Morgan fingerprint density at radius 3 is 2.38 bits per heavy atom. The van der Waals surface area contributed by atoms with Crippen molar-refractivity contribution >= 4 is 37.0 Å². The van der Waals surface area contributed by atoms with Crippen molar-refractivity contribution in [3.63, 3.8) is 0 Å². The van der Waals surface area contributed by atoms with Crippen molar-refractivity contribution in [3.8, 4) is 0 Å². The zero-order chi connectivity index (χ0) is 12.5. The summed E-state index contributed by atoms with van der Waals surface area (Å²) >= 11 is 5.76. The fraction of sp³-hybridized carbons (Fsp3) is 0.250. The Bertz CT molecular complexity index is 541. The fourth-order valence-corrected chi connectivity index (χ4v) is 2.89.